The van der Waals surface area contributed by atoms with E-state index in [0.29, 0.717) is 13.2 Å². The molecule has 19 heavy (non-hydrogen) atoms. The molecule has 0 radical (unpaired) electrons. The Morgan fingerprint density at radius 2 is 1.79 bits per heavy atom. The molecule has 1 atom stereocenters. The Morgan fingerprint density at radius 1 is 1.05 bits per heavy atom. The smallest absolute Gasteiger partial charge is 0.161 e. The molecule has 0 aliphatic carbocycles. The molecular weight excluding hydrogens is 244 g/mol. The van der Waals surface area contributed by atoms with Crippen LogP contribution in [0.3, 0.4) is 0 Å². The maximum absolute atomic E-state index is 5.64. The fourth-order valence-electron chi connectivity index (χ4n) is 2.08. The number of benzene rings is 1. The first kappa shape index (κ1) is 11.9. The summed E-state index contributed by atoms with van der Waals surface area (Å²) in [6.45, 7) is 1.14. The van der Waals surface area contributed by atoms with Crippen molar-refractivity contribution < 1.29 is 9.47 Å². The molecule has 3 N–H and O–H groups in total. The van der Waals surface area contributed by atoms with Gasteiger partial charge in [0.05, 0.1) is 6.04 Å². The minimum absolute atomic E-state index is 0.183. The molecule has 1 aromatic heterocycles. The van der Waals surface area contributed by atoms with Gasteiger partial charge in [0.25, 0.3) is 0 Å². The quantitative estimate of drug-likeness (QED) is 0.626. The molecular formula is C13H14N4O2. The van der Waals surface area contributed by atoms with E-state index in [1.165, 1.54) is 6.33 Å². The van der Waals surface area contributed by atoms with Crippen LogP contribution in [-0.4, -0.2) is 23.2 Å². The summed E-state index contributed by atoms with van der Waals surface area (Å²) in [4.78, 5) is 8.01. The zero-order chi connectivity index (χ0) is 13.1. The van der Waals surface area contributed by atoms with Gasteiger partial charge in [0.1, 0.15) is 19.5 Å². The van der Waals surface area contributed by atoms with Gasteiger partial charge in [-0.3, -0.25) is 5.84 Å². The highest BCUT2D eigenvalue weighted by Gasteiger charge is 2.17. The largest absolute Gasteiger partial charge is 0.486 e. The second-order valence-corrected chi connectivity index (χ2v) is 4.17. The van der Waals surface area contributed by atoms with Crippen LogP contribution in [0.1, 0.15) is 17.2 Å². The van der Waals surface area contributed by atoms with Crippen molar-refractivity contribution in [2.45, 2.75) is 6.04 Å². The van der Waals surface area contributed by atoms with Crippen molar-refractivity contribution >= 4 is 0 Å². The molecule has 0 amide bonds. The van der Waals surface area contributed by atoms with E-state index in [2.05, 4.69) is 15.4 Å². The lowest BCUT2D eigenvalue weighted by Gasteiger charge is -2.21. The highest BCUT2D eigenvalue weighted by atomic mass is 16.6. The molecule has 0 fully saturated rings. The van der Waals surface area contributed by atoms with Gasteiger partial charge in [-0.05, 0) is 17.7 Å². The van der Waals surface area contributed by atoms with E-state index in [9.17, 15) is 0 Å². The third-order valence-corrected chi connectivity index (χ3v) is 2.98. The molecule has 6 nitrogen and oxygen atoms in total. The van der Waals surface area contributed by atoms with Crippen LogP contribution in [0.15, 0.2) is 36.9 Å². The highest BCUT2D eigenvalue weighted by Crippen LogP contribution is 2.33. The topological polar surface area (TPSA) is 82.3 Å². The monoisotopic (exact) mass is 258 g/mol. The molecule has 6 heteroatoms. The number of hydrogen-bond acceptors (Lipinski definition) is 6. The number of ether oxygens (including phenoxy) is 2. The number of nitrogens with one attached hydrogen (secondary N) is 1. The average molecular weight is 258 g/mol. The lowest BCUT2D eigenvalue weighted by molar-refractivity contribution is 0.171. The van der Waals surface area contributed by atoms with Crippen LogP contribution in [0.2, 0.25) is 0 Å². The Hall–Kier alpha value is -2.18. The predicted octanol–water partition coefficient (Wildman–Crippen LogP) is 0.800. The highest BCUT2D eigenvalue weighted by molar-refractivity contribution is 5.46. The first-order chi connectivity index (χ1) is 9.38. The molecule has 2 aromatic rings. The maximum atomic E-state index is 5.64. The van der Waals surface area contributed by atoms with Crippen LogP contribution < -0.4 is 20.7 Å². The van der Waals surface area contributed by atoms with E-state index in [0.717, 1.165) is 22.6 Å². The summed E-state index contributed by atoms with van der Waals surface area (Å²) in [5.74, 6) is 7.13. The summed E-state index contributed by atoms with van der Waals surface area (Å²) in [5, 5.41) is 0. The van der Waals surface area contributed by atoms with Crippen molar-refractivity contribution in [1.82, 2.24) is 15.4 Å². The van der Waals surface area contributed by atoms with E-state index in [1.54, 1.807) is 12.4 Å². The molecule has 0 spiro atoms. The zero-order valence-electron chi connectivity index (χ0n) is 10.2. The molecule has 2 heterocycles. The van der Waals surface area contributed by atoms with Crippen molar-refractivity contribution in [2.75, 3.05) is 13.2 Å². The molecule has 1 unspecified atom stereocenters. The van der Waals surface area contributed by atoms with Crippen molar-refractivity contribution in [1.29, 1.82) is 0 Å². The summed E-state index contributed by atoms with van der Waals surface area (Å²) < 4.78 is 11.1. The summed E-state index contributed by atoms with van der Waals surface area (Å²) in [7, 11) is 0. The molecule has 0 bridgehead atoms. The molecule has 1 aliphatic heterocycles. The fraction of sp³-hybridized carbons (Fsp3) is 0.231. The minimum atomic E-state index is -0.183. The fourth-order valence-corrected chi connectivity index (χ4v) is 2.08. The van der Waals surface area contributed by atoms with Gasteiger partial charge in [0.15, 0.2) is 11.5 Å². The first-order valence-corrected chi connectivity index (χ1v) is 5.99. The van der Waals surface area contributed by atoms with Crippen molar-refractivity contribution in [3.63, 3.8) is 0 Å². The van der Waals surface area contributed by atoms with Gasteiger partial charge in [-0.25, -0.2) is 15.4 Å². The van der Waals surface area contributed by atoms with Crippen molar-refractivity contribution in [2.24, 2.45) is 5.84 Å². The van der Waals surface area contributed by atoms with E-state index < -0.39 is 0 Å². The predicted molar refractivity (Wildman–Crippen MR) is 68.6 cm³/mol. The van der Waals surface area contributed by atoms with Gasteiger partial charge in [-0.1, -0.05) is 6.07 Å². The second-order valence-electron chi connectivity index (χ2n) is 4.17. The number of hydrazine groups is 1. The number of aromatic nitrogens is 2. The standard InChI is InChI=1S/C13H14N4O2/c14-17-13(10-6-15-8-16-7-10)9-1-2-11-12(5-9)19-4-3-18-11/h1-2,5-8,13,17H,3-4,14H2. The molecule has 0 saturated heterocycles. The molecule has 1 aromatic carbocycles. The van der Waals surface area contributed by atoms with Gasteiger partial charge in [-0.15, -0.1) is 0 Å². The van der Waals surface area contributed by atoms with Gasteiger partial charge in [0, 0.05) is 18.0 Å². The van der Waals surface area contributed by atoms with Crippen molar-refractivity contribution in [3.05, 3.63) is 48.0 Å². The van der Waals surface area contributed by atoms with Crippen LogP contribution in [0.25, 0.3) is 0 Å². The summed E-state index contributed by atoms with van der Waals surface area (Å²) in [6.07, 6.45) is 4.95. The molecule has 98 valence electrons. The van der Waals surface area contributed by atoms with Gasteiger partial charge < -0.3 is 9.47 Å². The summed E-state index contributed by atoms with van der Waals surface area (Å²) >= 11 is 0. The number of fused-ring (bicyclic) bond motifs is 1. The van der Waals surface area contributed by atoms with E-state index in [4.69, 9.17) is 15.3 Å². The molecule has 3 rings (SSSR count). The molecule has 1 aliphatic rings. The Balaban J connectivity index is 1.96. The van der Waals surface area contributed by atoms with Crippen molar-refractivity contribution in [3.8, 4) is 11.5 Å². The van der Waals surface area contributed by atoms with Gasteiger partial charge in [0.2, 0.25) is 0 Å². The van der Waals surface area contributed by atoms with Crippen LogP contribution >= 0.6 is 0 Å². The average Bonchev–Trinajstić information content (AvgIpc) is 2.49. The Labute approximate surface area is 110 Å². The Kier molecular flexibility index (Phi) is 3.26. The van der Waals surface area contributed by atoms with Crippen LogP contribution in [0, 0.1) is 0 Å². The van der Waals surface area contributed by atoms with Gasteiger partial charge >= 0.3 is 0 Å². The third kappa shape index (κ3) is 2.35. The lowest BCUT2D eigenvalue weighted by Crippen LogP contribution is -2.29. The SMILES string of the molecule is NNC(c1cncnc1)c1ccc2c(c1)OCCO2. The van der Waals surface area contributed by atoms with Crippen LogP contribution in [-0.2, 0) is 0 Å². The van der Waals surface area contributed by atoms with Crippen LogP contribution in [0.5, 0.6) is 11.5 Å². The van der Waals surface area contributed by atoms with Crippen LogP contribution in [0.4, 0.5) is 0 Å². The van der Waals surface area contributed by atoms with Gasteiger partial charge in [-0.2, -0.15) is 0 Å². The third-order valence-electron chi connectivity index (χ3n) is 2.98. The molecule has 0 saturated carbocycles. The van der Waals surface area contributed by atoms with E-state index >= 15 is 0 Å². The maximum Gasteiger partial charge on any atom is 0.161 e. The van der Waals surface area contributed by atoms with E-state index in [-0.39, 0.29) is 6.04 Å². The Bertz CT molecular complexity index is 562. The summed E-state index contributed by atoms with van der Waals surface area (Å²) in [5.41, 5.74) is 4.63. The zero-order valence-corrected chi connectivity index (χ0v) is 10.2. The first-order valence-electron chi connectivity index (χ1n) is 5.99. The second kappa shape index (κ2) is 5.21. The summed E-state index contributed by atoms with van der Waals surface area (Å²) in [6, 6.07) is 5.58. The number of hydrogen-bond donors (Lipinski definition) is 2. The Morgan fingerprint density at radius 3 is 2.53 bits per heavy atom. The number of nitrogens with two attached hydrogens (primary N) is 1. The van der Waals surface area contributed by atoms with E-state index in [1.807, 2.05) is 18.2 Å². The number of nitrogens with zero attached hydrogens (tertiary/aromatic N) is 2. The lowest BCUT2D eigenvalue weighted by atomic mass is 10.0. The normalized spacial score (nSPS) is 15.0. The minimum Gasteiger partial charge on any atom is -0.486 e. The number of rotatable bonds is 3.